The van der Waals surface area contributed by atoms with Crippen LogP contribution in [0.15, 0.2) is 48.5 Å². The summed E-state index contributed by atoms with van der Waals surface area (Å²) in [6, 6.07) is 14.7. The zero-order valence-electron chi connectivity index (χ0n) is 9.68. The third-order valence-corrected chi connectivity index (χ3v) is 2.74. The lowest BCUT2D eigenvalue weighted by Gasteiger charge is -2.04. The molecule has 0 heterocycles. The van der Waals surface area contributed by atoms with Crippen LogP contribution in [0.1, 0.15) is 12.5 Å². The van der Waals surface area contributed by atoms with Crippen LogP contribution in [0, 0.1) is 0 Å². The molecule has 0 aliphatic rings. The Bertz CT molecular complexity index is 494. The monoisotopic (exact) mass is 212 g/mol. The highest BCUT2D eigenvalue weighted by Crippen LogP contribution is 2.19. The molecule has 0 aliphatic heterocycles. The van der Waals surface area contributed by atoms with E-state index in [9.17, 15) is 0 Å². The van der Waals surface area contributed by atoms with Gasteiger partial charge in [0.05, 0.1) is 6.10 Å². The van der Waals surface area contributed by atoms with Crippen molar-refractivity contribution in [3.05, 3.63) is 54.1 Å². The summed E-state index contributed by atoms with van der Waals surface area (Å²) in [5.74, 6) is 0. The molecule has 0 amide bonds. The van der Waals surface area contributed by atoms with Crippen molar-refractivity contribution in [2.45, 2.75) is 13.0 Å². The Kier molecular flexibility index (Phi) is 3.37. The molecule has 1 atom stereocenters. The standard InChI is InChI=1S/C15H16O/c1-12(16-2)10-11-14-8-5-7-13-6-3-4-9-15(13)14/h3-12H,1-2H3/b11-10+. The van der Waals surface area contributed by atoms with Crippen LogP contribution in [0.4, 0.5) is 0 Å². The quantitative estimate of drug-likeness (QED) is 0.750. The first-order valence-electron chi connectivity index (χ1n) is 5.50. The van der Waals surface area contributed by atoms with Crippen LogP contribution in [0.25, 0.3) is 16.8 Å². The number of benzene rings is 2. The van der Waals surface area contributed by atoms with E-state index in [1.54, 1.807) is 7.11 Å². The molecule has 2 aromatic carbocycles. The lowest BCUT2D eigenvalue weighted by Crippen LogP contribution is -1.98. The minimum absolute atomic E-state index is 0.152. The highest BCUT2D eigenvalue weighted by molar-refractivity contribution is 5.90. The van der Waals surface area contributed by atoms with Crippen LogP contribution in [0.2, 0.25) is 0 Å². The molecule has 0 saturated carbocycles. The van der Waals surface area contributed by atoms with Crippen LogP contribution in [-0.2, 0) is 4.74 Å². The van der Waals surface area contributed by atoms with Crippen molar-refractivity contribution in [1.29, 1.82) is 0 Å². The summed E-state index contributed by atoms with van der Waals surface area (Å²) in [6.07, 6.45) is 4.34. The predicted octanol–water partition coefficient (Wildman–Crippen LogP) is 3.89. The maximum absolute atomic E-state index is 5.20. The minimum atomic E-state index is 0.152. The molecular formula is C15H16O. The van der Waals surface area contributed by atoms with Crippen molar-refractivity contribution in [2.24, 2.45) is 0 Å². The van der Waals surface area contributed by atoms with Crippen molar-refractivity contribution in [3.63, 3.8) is 0 Å². The molecule has 82 valence electrons. The van der Waals surface area contributed by atoms with E-state index in [1.165, 1.54) is 16.3 Å². The van der Waals surface area contributed by atoms with E-state index < -0.39 is 0 Å². The van der Waals surface area contributed by atoms with E-state index in [0.29, 0.717) is 0 Å². The summed E-state index contributed by atoms with van der Waals surface area (Å²) in [5.41, 5.74) is 1.24. The van der Waals surface area contributed by atoms with E-state index in [2.05, 4.69) is 54.6 Å². The van der Waals surface area contributed by atoms with Crippen LogP contribution < -0.4 is 0 Å². The van der Waals surface area contributed by atoms with Crippen molar-refractivity contribution in [2.75, 3.05) is 7.11 Å². The number of hydrogen-bond acceptors (Lipinski definition) is 1. The molecule has 0 saturated heterocycles. The van der Waals surface area contributed by atoms with Crippen molar-refractivity contribution >= 4 is 16.8 Å². The van der Waals surface area contributed by atoms with Crippen LogP contribution in [-0.4, -0.2) is 13.2 Å². The largest absolute Gasteiger partial charge is 0.378 e. The van der Waals surface area contributed by atoms with Gasteiger partial charge in [-0.15, -0.1) is 0 Å². The third-order valence-electron chi connectivity index (χ3n) is 2.74. The number of ether oxygens (including phenoxy) is 1. The molecule has 1 unspecified atom stereocenters. The van der Waals surface area contributed by atoms with Crippen LogP contribution in [0.3, 0.4) is 0 Å². The van der Waals surface area contributed by atoms with Crippen molar-refractivity contribution in [1.82, 2.24) is 0 Å². The third kappa shape index (κ3) is 2.31. The molecule has 2 aromatic rings. The van der Waals surface area contributed by atoms with Crippen molar-refractivity contribution < 1.29 is 4.74 Å². The molecule has 0 bridgehead atoms. The molecule has 0 fully saturated rings. The molecule has 0 radical (unpaired) electrons. The SMILES string of the molecule is COC(C)/C=C/c1cccc2ccccc12. The smallest absolute Gasteiger partial charge is 0.0727 e. The van der Waals surface area contributed by atoms with Gasteiger partial charge in [0.25, 0.3) is 0 Å². The summed E-state index contributed by atoms with van der Waals surface area (Å²) < 4.78 is 5.20. The van der Waals surface area contributed by atoms with Gasteiger partial charge in [-0.3, -0.25) is 0 Å². The van der Waals surface area contributed by atoms with Crippen LogP contribution in [0.5, 0.6) is 0 Å². The molecule has 0 N–H and O–H groups in total. The highest BCUT2D eigenvalue weighted by Gasteiger charge is 1.97. The first-order chi connectivity index (χ1) is 7.81. The van der Waals surface area contributed by atoms with Gasteiger partial charge >= 0.3 is 0 Å². The van der Waals surface area contributed by atoms with Gasteiger partial charge in [-0.25, -0.2) is 0 Å². The Balaban J connectivity index is 2.41. The Morgan fingerprint density at radius 3 is 2.62 bits per heavy atom. The topological polar surface area (TPSA) is 9.23 Å². The Morgan fingerprint density at radius 2 is 1.81 bits per heavy atom. The highest BCUT2D eigenvalue weighted by atomic mass is 16.5. The summed E-state index contributed by atoms with van der Waals surface area (Å²) in [6.45, 7) is 2.03. The maximum atomic E-state index is 5.20. The van der Waals surface area contributed by atoms with Gasteiger partial charge in [-0.1, -0.05) is 54.6 Å². The van der Waals surface area contributed by atoms with Crippen LogP contribution >= 0.6 is 0 Å². The molecule has 16 heavy (non-hydrogen) atoms. The average molecular weight is 212 g/mol. The van der Waals surface area contributed by atoms with E-state index in [-0.39, 0.29) is 6.10 Å². The second-order valence-corrected chi connectivity index (χ2v) is 3.87. The van der Waals surface area contributed by atoms with Gasteiger partial charge < -0.3 is 4.74 Å². The fourth-order valence-corrected chi connectivity index (χ4v) is 1.71. The molecule has 1 heteroatoms. The summed E-state index contributed by atoms with van der Waals surface area (Å²) in [5, 5.41) is 2.55. The first kappa shape index (κ1) is 10.9. The Morgan fingerprint density at radius 1 is 1.06 bits per heavy atom. The molecule has 0 aliphatic carbocycles. The second-order valence-electron chi connectivity index (χ2n) is 3.87. The first-order valence-corrected chi connectivity index (χ1v) is 5.50. The molecule has 2 rings (SSSR count). The number of rotatable bonds is 3. The second kappa shape index (κ2) is 4.95. The molecular weight excluding hydrogens is 196 g/mol. The maximum Gasteiger partial charge on any atom is 0.0727 e. The molecule has 0 spiro atoms. The predicted molar refractivity (Wildman–Crippen MR) is 69.5 cm³/mol. The van der Waals surface area contributed by atoms with E-state index >= 15 is 0 Å². The fraction of sp³-hybridized carbons (Fsp3) is 0.200. The van der Waals surface area contributed by atoms with E-state index in [0.717, 1.165) is 0 Å². The average Bonchev–Trinajstić information content (AvgIpc) is 2.35. The van der Waals surface area contributed by atoms with Gasteiger partial charge in [-0.2, -0.15) is 0 Å². The number of methoxy groups -OCH3 is 1. The number of fused-ring (bicyclic) bond motifs is 1. The normalized spacial score (nSPS) is 13.4. The lowest BCUT2D eigenvalue weighted by atomic mass is 10.0. The Labute approximate surface area is 96.4 Å². The van der Waals surface area contributed by atoms with Gasteiger partial charge in [0.1, 0.15) is 0 Å². The summed E-state index contributed by atoms with van der Waals surface area (Å²) in [4.78, 5) is 0. The van der Waals surface area contributed by atoms with E-state index in [1.807, 2.05) is 6.92 Å². The van der Waals surface area contributed by atoms with E-state index in [4.69, 9.17) is 4.74 Å². The van der Waals surface area contributed by atoms with Gasteiger partial charge in [-0.05, 0) is 23.3 Å². The minimum Gasteiger partial charge on any atom is -0.378 e. The summed E-state index contributed by atoms with van der Waals surface area (Å²) in [7, 11) is 1.72. The van der Waals surface area contributed by atoms with Crippen molar-refractivity contribution in [3.8, 4) is 0 Å². The van der Waals surface area contributed by atoms with Gasteiger partial charge in [0, 0.05) is 7.11 Å². The fourth-order valence-electron chi connectivity index (χ4n) is 1.71. The zero-order valence-corrected chi connectivity index (χ0v) is 9.68. The zero-order chi connectivity index (χ0) is 11.4. The van der Waals surface area contributed by atoms with Gasteiger partial charge in [0.2, 0.25) is 0 Å². The lowest BCUT2D eigenvalue weighted by molar-refractivity contribution is 0.157. The number of hydrogen-bond donors (Lipinski definition) is 0. The van der Waals surface area contributed by atoms with Gasteiger partial charge in [0.15, 0.2) is 0 Å². The Hall–Kier alpha value is -1.60. The molecule has 1 nitrogen and oxygen atoms in total. The summed E-state index contributed by atoms with van der Waals surface area (Å²) >= 11 is 0. The molecule has 0 aromatic heterocycles.